The second-order valence-electron chi connectivity index (χ2n) is 5.80. The summed E-state index contributed by atoms with van der Waals surface area (Å²) in [5.74, 6) is 1.47. The highest BCUT2D eigenvalue weighted by molar-refractivity contribution is 7.10. The SMILES string of the molecule is FC(F)(F)c1csc(CCNC(=NCc2cccs2)NCCc2ccco2)n1. The van der Waals surface area contributed by atoms with Gasteiger partial charge < -0.3 is 15.1 Å². The molecule has 5 nitrogen and oxygen atoms in total. The Morgan fingerprint density at radius 3 is 2.57 bits per heavy atom. The molecule has 0 radical (unpaired) electrons. The number of aliphatic imine (C=N–C) groups is 1. The Hall–Kier alpha value is -2.33. The van der Waals surface area contributed by atoms with Crippen molar-refractivity contribution < 1.29 is 17.6 Å². The lowest BCUT2D eigenvalue weighted by Crippen LogP contribution is -2.39. The van der Waals surface area contributed by atoms with Crippen LogP contribution in [0.5, 0.6) is 0 Å². The first-order valence-corrected chi connectivity index (χ1v) is 10.3. The number of halogens is 3. The van der Waals surface area contributed by atoms with Crippen LogP contribution >= 0.6 is 22.7 Å². The molecule has 150 valence electrons. The lowest BCUT2D eigenvalue weighted by Gasteiger charge is -2.11. The molecule has 0 aliphatic rings. The molecule has 3 heterocycles. The van der Waals surface area contributed by atoms with Crippen LogP contribution in [0.1, 0.15) is 21.3 Å². The summed E-state index contributed by atoms with van der Waals surface area (Å²) in [6.45, 7) is 1.59. The van der Waals surface area contributed by atoms with Crippen LogP contribution in [0.3, 0.4) is 0 Å². The second-order valence-corrected chi connectivity index (χ2v) is 7.78. The topological polar surface area (TPSA) is 62.5 Å². The molecule has 0 fully saturated rings. The number of guanidine groups is 1. The zero-order chi connectivity index (χ0) is 19.8. The summed E-state index contributed by atoms with van der Waals surface area (Å²) < 4.78 is 43.2. The van der Waals surface area contributed by atoms with E-state index in [9.17, 15) is 13.2 Å². The number of aromatic nitrogens is 1. The largest absolute Gasteiger partial charge is 0.469 e. The molecular weight excluding hydrogens is 409 g/mol. The van der Waals surface area contributed by atoms with Gasteiger partial charge in [0.25, 0.3) is 0 Å². The predicted octanol–water partition coefficient (Wildman–Crippen LogP) is 4.34. The Balaban J connectivity index is 1.52. The molecule has 2 N–H and O–H groups in total. The lowest BCUT2D eigenvalue weighted by atomic mass is 10.3. The second kappa shape index (κ2) is 9.74. The molecule has 3 aromatic heterocycles. The summed E-state index contributed by atoms with van der Waals surface area (Å²) in [6, 6.07) is 7.71. The van der Waals surface area contributed by atoms with Crippen molar-refractivity contribution in [3.8, 4) is 0 Å². The Kier molecular flexibility index (Phi) is 7.10. The van der Waals surface area contributed by atoms with Crippen molar-refractivity contribution in [2.45, 2.75) is 25.6 Å². The Labute approximate surface area is 168 Å². The van der Waals surface area contributed by atoms with Gasteiger partial charge in [0.2, 0.25) is 0 Å². The van der Waals surface area contributed by atoms with E-state index in [1.165, 1.54) is 0 Å². The first-order chi connectivity index (χ1) is 13.5. The van der Waals surface area contributed by atoms with E-state index in [0.29, 0.717) is 43.4 Å². The van der Waals surface area contributed by atoms with Crippen molar-refractivity contribution in [3.05, 3.63) is 62.6 Å². The summed E-state index contributed by atoms with van der Waals surface area (Å²) in [4.78, 5) is 9.31. The predicted molar refractivity (Wildman–Crippen MR) is 105 cm³/mol. The van der Waals surface area contributed by atoms with Crippen LogP contribution in [0, 0.1) is 0 Å². The standard InChI is InChI=1S/C18H19F3N4OS2/c19-18(20,21)15-12-28-16(25-15)6-8-23-17(24-11-14-4-2-10-27-14)22-7-5-13-3-1-9-26-13/h1-4,9-10,12H,5-8,11H2,(H2,22,23,24). The van der Waals surface area contributed by atoms with Crippen molar-refractivity contribution in [2.75, 3.05) is 13.1 Å². The van der Waals surface area contributed by atoms with Gasteiger partial charge in [-0.05, 0) is 23.6 Å². The Bertz CT molecular complexity index is 858. The number of hydrogen-bond donors (Lipinski definition) is 2. The van der Waals surface area contributed by atoms with Crippen LogP contribution in [0.4, 0.5) is 13.2 Å². The molecule has 0 spiro atoms. The Morgan fingerprint density at radius 1 is 1.11 bits per heavy atom. The summed E-state index contributed by atoms with van der Waals surface area (Å²) >= 11 is 2.63. The van der Waals surface area contributed by atoms with E-state index >= 15 is 0 Å². The highest BCUT2D eigenvalue weighted by Gasteiger charge is 2.33. The van der Waals surface area contributed by atoms with Crippen LogP contribution < -0.4 is 10.6 Å². The first-order valence-electron chi connectivity index (χ1n) is 8.59. The molecule has 0 saturated heterocycles. The zero-order valence-corrected chi connectivity index (χ0v) is 16.5. The normalized spacial score (nSPS) is 12.3. The van der Waals surface area contributed by atoms with Crippen molar-refractivity contribution in [1.82, 2.24) is 15.6 Å². The molecule has 3 aromatic rings. The van der Waals surface area contributed by atoms with Crippen LogP contribution in [-0.2, 0) is 25.6 Å². The van der Waals surface area contributed by atoms with Crippen molar-refractivity contribution in [3.63, 3.8) is 0 Å². The number of hydrogen-bond acceptors (Lipinski definition) is 5. The molecule has 0 atom stereocenters. The van der Waals surface area contributed by atoms with Gasteiger partial charge in [-0.15, -0.1) is 22.7 Å². The molecule has 28 heavy (non-hydrogen) atoms. The van der Waals surface area contributed by atoms with E-state index in [-0.39, 0.29) is 0 Å². The molecule has 0 aliphatic carbocycles. The van der Waals surface area contributed by atoms with Crippen LogP contribution in [0.25, 0.3) is 0 Å². The van der Waals surface area contributed by atoms with E-state index in [1.54, 1.807) is 17.6 Å². The van der Waals surface area contributed by atoms with Gasteiger partial charge >= 0.3 is 6.18 Å². The maximum atomic E-state index is 12.6. The fourth-order valence-electron chi connectivity index (χ4n) is 2.34. The number of alkyl halides is 3. The summed E-state index contributed by atoms with van der Waals surface area (Å²) in [6.07, 6.45) is -1.68. The molecule has 3 rings (SSSR count). The maximum absolute atomic E-state index is 12.6. The number of thiazole rings is 1. The van der Waals surface area contributed by atoms with Gasteiger partial charge in [-0.3, -0.25) is 0 Å². The summed E-state index contributed by atoms with van der Waals surface area (Å²) in [5.41, 5.74) is -0.837. The van der Waals surface area contributed by atoms with Gasteiger partial charge in [0.1, 0.15) is 5.76 Å². The lowest BCUT2D eigenvalue weighted by molar-refractivity contribution is -0.140. The molecular formula is C18H19F3N4OS2. The summed E-state index contributed by atoms with van der Waals surface area (Å²) in [7, 11) is 0. The molecule has 0 unspecified atom stereocenters. The van der Waals surface area contributed by atoms with E-state index in [0.717, 1.165) is 27.4 Å². The number of rotatable bonds is 8. The molecule has 10 heteroatoms. The van der Waals surface area contributed by atoms with E-state index in [2.05, 4.69) is 20.6 Å². The van der Waals surface area contributed by atoms with Crippen LogP contribution in [0.2, 0.25) is 0 Å². The average Bonchev–Trinajstić information content (AvgIpc) is 3.40. The number of furan rings is 1. The van der Waals surface area contributed by atoms with Crippen LogP contribution in [-0.4, -0.2) is 24.0 Å². The third kappa shape index (κ3) is 6.38. The van der Waals surface area contributed by atoms with E-state index in [4.69, 9.17) is 4.42 Å². The number of nitrogens with zero attached hydrogens (tertiary/aromatic N) is 2. The van der Waals surface area contributed by atoms with Gasteiger partial charge in [-0.1, -0.05) is 6.07 Å². The van der Waals surface area contributed by atoms with Gasteiger partial charge in [-0.25, -0.2) is 9.98 Å². The first kappa shape index (κ1) is 20.4. The highest BCUT2D eigenvalue weighted by Crippen LogP contribution is 2.29. The van der Waals surface area contributed by atoms with Gasteiger partial charge in [-0.2, -0.15) is 13.2 Å². The summed E-state index contributed by atoms with van der Waals surface area (Å²) in [5, 5.41) is 9.85. The fourth-order valence-corrected chi connectivity index (χ4v) is 3.77. The fraction of sp³-hybridized carbons (Fsp3) is 0.333. The van der Waals surface area contributed by atoms with Crippen molar-refractivity contribution in [2.24, 2.45) is 4.99 Å². The highest BCUT2D eigenvalue weighted by atomic mass is 32.1. The van der Waals surface area contributed by atoms with Gasteiger partial charge in [0, 0.05) is 36.2 Å². The molecule has 0 aliphatic heterocycles. The van der Waals surface area contributed by atoms with Crippen molar-refractivity contribution in [1.29, 1.82) is 0 Å². The average molecular weight is 429 g/mol. The van der Waals surface area contributed by atoms with E-state index in [1.807, 2.05) is 29.6 Å². The van der Waals surface area contributed by atoms with Crippen LogP contribution in [0.15, 0.2) is 50.7 Å². The third-order valence-corrected chi connectivity index (χ3v) is 5.46. The number of nitrogens with one attached hydrogen (secondary N) is 2. The zero-order valence-electron chi connectivity index (χ0n) is 14.8. The minimum absolute atomic E-state index is 0.388. The van der Waals surface area contributed by atoms with Gasteiger partial charge in [0.15, 0.2) is 11.7 Å². The minimum atomic E-state index is -4.40. The van der Waals surface area contributed by atoms with Gasteiger partial charge in [0.05, 0.1) is 17.8 Å². The Morgan fingerprint density at radius 2 is 1.93 bits per heavy atom. The molecule has 0 amide bonds. The third-order valence-electron chi connectivity index (χ3n) is 3.69. The van der Waals surface area contributed by atoms with Crippen molar-refractivity contribution >= 4 is 28.6 Å². The number of thiophene rings is 1. The monoisotopic (exact) mass is 428 g/mol. The molecule has 0 aromatic carbocycles. The molecule has 0 saturated carbocycles. The molecule has 0 bridgehead atoms. The van der Waals surface area contributed by atoms with E-state index < -0.39 is 11.9 Å². The quantitative estimate of drug-likeness (QED) is 0.414. The smallest absolute Gasteiger partial charge is 0.434 e. The maximum Gasteiger partial charge on any atom is 0.434 e. The minimum Gasteiger partial charge on any atom is -0.469 e.